The van der Waals surface area contributed by atoms with Crippen LogP contribution in [-0.4, -0.2) is 60.9 Å². The van der Waals surface area contributed by atoms with E-state index >= 15 is 0 Å². The Morgan fingerprint density at radius 1 is 0.878 bits per heavy atom. The van der Waals surface area contributed by atoms with Crippen molar-refractivity contribution in [1.29, 1.82) is 0 Å². The maximum Gasteiger partial charge on any atom is 0.254 e. The molecule has 1 N–H and O–H groups in total. The van der Waals surface area contributed by atoms with Gasteiger partial charge in [0.1, 0.15) is 5.60 Å². The van der Waals surface area contributed by atoms with Crippen LogP contribution in [0.3, 0.4) is 0 Å². The van der Waals surface area contributed by atoms with Gasteiger partial charge in [0.2, 0.25) is 5.91 Å². The van der Waals surface area contributed by atoms with E-state index in [0.717, 1.165) is 37.6 Å². The Balaban J connectivity index is 0.00000387. The predicted molar refractivity (Wildman–Crippen MR) is 156 cm³/mol. The molecule has 2 aliphatic heterocycles. The molecule has 5 rings (SSSR count). The fourth-order valence-electron chi connectivity index (χ4n) is 6.05. The quantitative estimate of drug-likeness (QED) is 0.412. The summed E-state index contributed by atoms with van der Waals surface area (Å²) in [4.78, 5) is 29.5. The van der Waals surface area contributed by atoms with Crippen molar-refractivity contribution >= 4 is 24.2 Å². The third-order valence-corrected chi connectivity index (χ3v) is 8.22. The van der Waals surface area contributed by atoms with Gasteiger partial charge in [-0.05, 0) is 54.7 Å². The Bertz CT molecular complexity index is 1340. The molecule has 0 bridgehead atoms. The number of carbonyl (C=O) groups excluding carboxylic acids is 2. The highest BCUT2D eigenvalue weighted by atomic mass is 35.5. The molecule has 0 aliphatic carbocycles. The Labute approximate surface area is 246 Å². The van der Waals surface area contributed by atoms with Gasteiger partial charge < -0.3 is 19.9 Å². The van der Waals surface area contributed by atoms with E-state index < -0.39 is 22.8 Å². The van der Waals surface area contributed by atoms with Crippen molar-refractivity contribution in [2.75, 3.05) is 39.3 Å². The summed E-state index contributed by atoms with van der Waals surface area (Å²) in [5, 5.41) is 3.20. The summed E-state index contributed by atoms with van der Waals surface area (Å²) >= 11 is 0. The minimum absolute atomic E-state index is 0. The molecule has 1 unspecified atom stereocenters. The molecule has 0 radical (unpaired) electrons. The molecule has 0 aromatic heterocycles. The average molecular weight is 584 g/mol. The fraction of sp³-hybridized carbons (Fsp3) is 0.375. The number of piperidine rings is 1. The molecule has 0 saturated carbocycles. The van der Waals surface area contributed by atoms with Gasteiger partial charge in [0.25, 0.3) is 5.91 Å². The molecule has 2 aliphatic rings. The SMILES string of the molecule is CC(=O)NC1(c2ccccc2)CCN(CCC2(c3ccc(F)c(F)c3)CN(C(=O)c3ccccc3)CCO2)CC1.Cl. The van der Waals surface area contributed by atoms with Crippen molar-refractivity contribution in [3.05, 3.63) is 107 Å². The first kappa shape index (κ1) is 30.6. The Morgan fingerprint density at radius 2 is 1.54 bits per heavy atom. The van der Waals surface area contributed by atoms with Gasteiger partial charge in [-0.15, -0.1) is 12.4 Å². The van der Waals surface area contributed by atoms with Crippen molar-refractivity contribution in [2.24, 2.45) is 0 Å². The monoisotopic (exact) mass is 583 g/mol. The summed E-state index contributed by atoms with van der Waals surface area (Å²) in [5.41, 5.74) is 0.777. The number of rotatable bonds is 7. The van der Waals surface area contributed by atoms with E-state index in [9.17, 15) is 18.4 Å². The number of benzene rings is 3. The largest absolute Gasteiger partial charge is 0.367 e. The van der Waals surface area contributed by atoms with Crippen LogP contribution in [0.2, 0.25) is 0 Å². The van der Waals surface area contributed by atoms with Crippen molar-refractivity contribution < 1.29 is 23.1 Å². The topological polar surface area (TPSA) is 61.9 Å². The van der Waals surface area contributed by atoms with Crippen LogP contribution < -0.4 is 5.32 Å². The van der Waals surface area contributed by atoms with Crippen molar-refractivity contribution in [2.45, 2.75) is 37.3 Å². The van der Waals surface area contributed by atoms with Crippen LogP contribution in [0, 0.1) is 11.6 Å². The lowest BCUT2D eigenvalue weighted by Gasteiger charge is -2.46. The van der Waals surface area contributed by atoms with Crippen LogP contribution in [0.5, 0.6) is 0 Å². The van der Waals surface area contributed by atoms with E-state index in [1.807, 2.05) is 36.4 Å². The van der Waals surface area contributed by atoms with Gasteiger partial charge in [-0.2, -0.15) is 0 Å². The van der Waals surface area contributed by atoms with Crippen LogP contribution in [0.15, 0.2) is 78.9 Å². The van der Waals surface area contributed by atoms with Gasteiger partial charge in [-0.1, -0.05) is 54.6 Å². The van der Waals surface area contributed by atoms with Crippen molar-refractivity contribution in [3.63, 3.8) is 0 Å². The molecule has 2 saturated heterocycles. The highest BCUT2D eigenvalue weighted by Crippen LogP contribution is 2.37. The molecule has 6 nitrogen and oxygen atoms in total. The zero-order valence-electron chi connectivity index (χ0n) is 23.2. The average Bonchev–Trinajstić information content (AvgIpc) is 2.98. The van der Waals surface area contributed by atoms with E-state index in [1.54, 1.807) is 30.0 Å². The Hall–Kier alpha value is -3.33. The Kier molecular flexibility index (Phi) is 9.79. The highest BCUT2D eigenvalue weighted by Gasteiger charge is 2.42. The number of carbonyl (C=O) groups is 2. The number of hydrogen-bond donors (Lipinski definition) is 1. The molecule has 41 heavy (non-hydrogen) atoms. The minimum atomic E-state index is -0.983. The molecule has 2 fully saturated rings. The van der Waals surface area contributed by atoms with Gasteiger partial charge in [0, 0.05) is 38.7 Å². The van der Waals surface area contributed by atoms with Gasteiger partial charge in [0.15, 0.2) is 11.6 Å². The first-order chi connectivity index (χ1) is 19.3. The number of ether oxygens (including phenoxy) is 1. The van der Waals surface area contributed by atoms with Crippen LogP contribution in [0.25, 0.3) is 0 Å². The molecule has 1 atom stereocenters. The summed E-state index contributed by atoms with van der Waals surface area (Å²) in [5.74, 6) is -2.03. The van der Waals surface area contributed by atoms with Crippen molar-refractivity contribution in [1.82, 2.24) is 15.1 Å². The molecule has 3 aromatic carbocycles. The highest BCUT2D eigenvalue weighted by molar-refractivity contribution is 5.94. The summed E-state index contributed by atoms with van der Waals surface area (Å²) < 4.78 is 34.6. The van der Waals surface area contributed by atoms with E-state index in [2.05, 4.69) is 22.3 Å². The van der Waals surface area contributed by atoms with Crippen LogP contribution in [-0.2, 0) is 20.7 Å². The molecule has 3 aromatic rings. The Morgan fingerprint density at radius 3 is 2.17 bits per heavy atom. The number of morpholine rings is 1. The number of hydrogen-bond acceptors (Lipinski definition) is 4. The lowest BCUT2D eigenvalue weighted by Crippen LogP contribution is -2.55. The number of likely N-dealkylation sites (tertiary alicyclic amines) is 1. The van der Waals surface area contributed by atoms with Crippen LogP contribution in [0.4, 0.5) is 8.78 Å². The molecule has 2 heterocycles. The van der Waals surface area contributed by atoms with Crippen LogP contribution >= 0.6 is 12.4 Å². The van der Waals surface area contributed by atoms with E-state index in [4.69, 9.17) is 4.74 Å². The summed E-state index contributed by atoms with van der Waals surface area (Å²) in [6, 6.07) is 23.0. The molecule has 0 spiro atoms. The molecule has 9 heteroatoms. The molecular formula is C32H36ClF2N3O3. The molecule has 2 amide bonds. The maximum atomic E-state index is 14.4. The first-order valence-electron chi connectivity index (χ1n) is 13.8. The number of nitrogens with one attached hydrogen (secondary N) is 1. The lowest BCUT2D eigenvalue weighted by molar-refractivity contribution is -0.122. The predicted octanol–water partition coefficient (Wildman–Crippen LogP) is 5.27. The third-order valence-electron chi connectivity index (χ3n) is 8.22. The number of amides is 2. The smallest absolute Gasteiger partial charge is 0.254 e. The fourth-order valence-corrected chi connectivity index (χ4v) is 6.05. The lowest BCUT2D eigenvalue weighted by atomic mass is 9.80. The first-order valence-corrected chi connectivity index (χ1v) is 13.8. The minimum Gasteiger partial charge on any atom is -0.367 e. The summed E-state index contributed by atoms with van der Waals surface area (Å²) in [7, 11) is 0. The number of halogens is 3. The van der Waals surface area contributed by atoms with Gasteiger partial charge in [-0.3, -0.25) is 9.59 Å². The van der Waals surface area contributed by atoms with Crippen molar-refractivity contribution in [3.8, 4) is 0 Å². The third kappa shape index (κ3) is 6.77. The molecular weight excluding hydrogens is 548 g/mol. The summed E-state index contributed by atoms with van der Waals surface area (Å²) in [6.07, 6.45) is 1.98. The zero-order chi connectivity index (χ0) is 28.2. The standard InChI is InChI=1S/C32H35F2N3O3.ClH/c1-24(38)35-31(26-10-6-3-7-11-26)14-17-36(18-15-31)19-16-32(27-12-13-28(33)29(34)22-27)23-37(20-21-40-32)30(39)25-8-4-2-5-9-25;/h2-13,22H,14-21,23H2,1H3,(H,35,38);1H. The molecule has 218 valence electrons. The van der Waals surface area contributed by atoms with E-state index in [1.165, 1.54) is 6.07 Å². The van der Waals surface area contributed by atoms with Gasteiger partial charge in [0.05, 0.1) is 18.7 Å². The normalized spacial score (nSPS) is 20.6. The number of nitrogens with zero attached hydrogens (tertiary/aromatic N) is 2. The van der Waals surface area contributed by atoms with E-state index in [-0.39, 0.29) is 37.4 Å². The second-order valence-corrected chi connectivity index (χ2v) is 10.8. The maximum absolute atomic E-state index is 14.4. The van der Waals surface area contributed by atoms with Gasteiger partial charge in [-0.25, -0.2) is 8.78 Å². The van der Waals surface area contributed by atoms with Gasteiger partial charge >= 0.3 is 0 Å². The van der Waals surface area contributed by atoms with Crippen LogP contribution in [0.1, 0.15) is 47.7 Å². The summed E-state index contributed by atoms with van der Waals surface area (Å²) in [6.45, 7) is 4.62. The van der Waals surface area contributed by atoms with E-state index in [0.29, 0.717) is 30.6 Å². The second-order valence-electron chi connectivity index (χ2n) is 10.8. The zero-order valence-corrected chi connectivity index (χ0v) is 24.0. The second kappa shape index (κ2) is 13.1.